The molecule has 61 heavy (non-hydrogen) atoms. The monoisotopic (exact) mass is 778 g/mol. The summed E-state index contributed by atoms with van der Waals surface area (Å²) in [6.45, 7) is 0. The largest absolute Gasteiger partial charge is 0.456 e. The van der Waals surface area contributed by atoms with Crippen LogP contribution in [0, 0.1) is 0 Å². The Morgan fingerprint density at radius 1 is 0.328 bits per heavy atom. The first-order valence-corrected chi connectivity index (χ1v) is 20.8. The Kier molecular flexibility index (Phi) is 8.17. The van der Waals surface area contributed by atoms with Crippen molar-refractivity contribution in [2.24, 2.45) is 0 Å². The van der Waals surface area contributed by atoms with Crippen molar-refractivity contribution < 1.29 is 4.42 Å². The van der Waals surface area contributed by atoms with E-state index in [1.54, 1.807) is 0 Å². The van der Waals surface area contributed by atoms with E-state index < -0.39 is 0 Å². The summed E-state index contributed by atoms with van der Waals surface area (Å²) in [5.41, 5.74) is 15.7. The predicted octanol–water partition coefficient (Wildman–Crippen LogP) is 16.3. The Hall–Kier alpha value is -8.14. The molecule has 0 saturated heterocycles. The van der Waals surface area contributed by atoms with E-state index in [0.29, 0.717) is 0 Å². The average Bonchev–Trinajstić information content (AvgIpc) is 3.88. The Labute approximate surface area is 353 Å². The molecule has 0 amide bonds. The van der Waals surface area contributed by atoms with Crippen LogP contribution in [0.1, 0.15) is 0 Å². The number of fused-ring (bicyclic) bond motifs is 8. The van der Waals surface area contributed by atoms with Crippen LogP contribution < -0.4 is 4.90 Å². The van der Waals surface area contributed by atoms with Crippen molar-refractivity contribution in [2.45, 2.75) is 0 Å². The summed E-state index contributed by atoms with van der Waals surface area (Å²) in [5.74, 6) is 0. The summed E-state index contributed by atoms with van der Waals surface area (Å²) >= 11 is 0. The quantitative estimate of drug-likeness (QED) is 0.161. The minimum Gasteiger partial charge on any atom is -0.456 e. The van der Waals surface area contributed by atoms with Gasteiger partial charge in [-0.3, -0.25) is 0 Å². The summed E-state index contributed by atoms with van der Waals surface area (Å²) in [6, 6.07) is 82.9. The smallest absolute Gasteiger partial charge is 0.135 e. The van der Waals surface area contributed by atoms with Gasteiger partial charge in [0.05, 0.1) is 11.0 Å². The van der Waals surface area contributed by atoms with E-state index in [4.69, 9.17) is 4.42 Å². The van der Waals surface area contributed by atoms with Crippen molar-refractivity contribution in [2.75, 3.05) is 4.90 Å². The van der Waals surface area contributed by atoms with Crippen LogP contribution in [0.5, 0.6) is 0 Å². The zero-order chi connectivity index (χ0) is 40.3. The molecule has 0 fully saturated rings. The number of hydrogen-bond donors (Lipinski definition) is 0. The molecular formula is C58H38N2O. The summed E-state index contributed by atoms with van der Waals surface area (Å²) in [7, 11) is 0. The SMILES string of the molecule is c1ccc(-c2ccccc2-c2ccc(N(c3ccc(-c4ccc5c6ccc7ccccc7c6n(-c6ccccc6)c5c4)cc3)c3ccc4oc5ccccc5c4c3)cc2)cc1. The van der Waals surface area contributed by atoms with Gasteiger partial charge in [-0.25, -0.2) is 0 Å². The molecule has 0 aliphatic carbocycles. The molecule has 3 nitrogen and oxygen atoms in total. The zero-order valence-corrected chi connectivity index (χ0v) is 33.2. The fraction of sp³-hybridized carbons (Fsp3) is 0. The van der Waals surface area contributed by atoms with Gasteiger partial charge in [-0.05, 0) is 105 Å². The lowest BCUT2D eigenvalue weighted by atomic mass is 9.94. The molecule has 2 aromatic heterocycles. The fourth-order valence-electron chi connectivity index (χ4n) is 9.30. The van der Waals surface area contributed by atoms with Gasteiger partial charge < -0.3 is 13.9 Å². The topological polar surface area (TPSA) is 21.3 Å². The third-order valence-corrected chi connectivity index (χ3v) is 12.2. The van der Waals surface area contributed by atoms with E-state index in [-0.39, 0.29) is 0 Å². The van der Waals surface area contributed by atoms with Crippen LogP contribution in [0.2, 0.25) is 0 Å². The highest BCUT2D eigenvalue weighted by Gasteiger charge is 2.19. The summed E-state index contributed by atoms with van der Waals surface area (Å²) in [5, 5.41) is 7.19. The fourth-order valence-corrected chi connectivity index (χ4v) is 9.30. The number of hydrogen-bond acceptors (Lipinski definition) is 2. The standard InChI is InChI=1S/C58H38N2O/c1-3-13-40(14-4-1)48-18-9-10-19-49(48)42-25-31-46(32-26-42)59(47-33-36-57-54(38-47)52-21-11-12-22-56(52)61-57)45-29-23-39(24-30-45)43-28-34-51-53-35-27-41-15-7-8-20-50(41)58(53)60(55(51)37-43)44-16-5-2-6-17-44/h1-38H. The van der Waals surface area contributed by atoms with Gasteiger partial charge in [0.2, 0.25) is 0 Å². The molecule has 0 radical (unpaired) electrons. The maximum atomic E-state index is 6.26. The number of furan rings is 1. The molecule has 0 bridgehead atoms. The Balaban J connectivity index is 0.978. The van der Waals surface area contributed by atoms with E-state index in [9.17, 15) is 0 Å². The normalized spacial score (nSPS) is 11.6. The minimum absolute atomic E-state index is 0.879. The molecule has 0 aliphatic rings. The Morgan fingerprint density at radius 3 is 1.64 bits per heavy atom. The first-order chi connectivity index (χ1) is 30.2. The molecule has 0 aliphatic heterocycles. The maximum absolute atomic E-state index is 6.26. The van der Waals surface area contributed by atoms with Gasteiger partial charge in [-0.1, -0.05) is 164 Å². The van der Waals surface area contributed by atoms with E-state index in [1.807, 2.05) is 12.1 Å². The van der Waals surface area contributed by atoms with Crippen molar-refractivity contribution >= 4 is 71.6 Å². The molecule has 2 heterocycles. The Bertz CT molecular complexity index is 3560. The second-order valence-corrected chi connectivity index (χ2v) is 15.7. The van der Waals surface area contributed by atoms with Gasteiger partial charge in [-0.2, -0.15) is 0 Å². The average molecular weight is 779 g/mol. The van der Waals surface area contributed by atoms with Crippen LogP contribution in [0.15, 0.2) is 235 Å². The first kappa shape index (κ1) is 34.9. The van der Waals surface area contributed by atoms with E-state index >= 15 is 0 Å². The highest BCUT2D eigenvalue weighted by molar-refractivity contribution is 6.19. The predicted molar refractivity (Wildman–Crippen MR) is 257 cm³/mol. The van der Waals surface area contributed by atoms with Gasteiger partial charge in [-0.15, -0.1) is 0 Å². The number of nitrogens with zero attached hydrogens (tertiary/aromatic N) is 2. The highest BCUT2D eigenvalue weighted by Crippen LogP contribution is 2.42. The molecule has 0 spiro atoms. The van der Waals surface area contributed by atoms with Crippen LogP contribution >= 0.6 is 0 Å². The van der Waals surface area contributed by atoms with Crippen LogP contribution in [-0.2, 0) is 0 Å². The molecule has 0 atom stereocenters. The lowest BCUT2D eigenvalue weighted by Gasteiger charge is -2.26. The molecule has 10 aromatic carbocycles. The maximum Gasteiger partial charge on any atom is 0.135 e. The lowest BCUT2D eigenvalue weighted by molar-refractivity contribution is 0.669. The number of benzene rings is 10. The van der Waals surface area contributed by atoms with Crippen LogP contribution in [0.3, 0.4) is 0 Å². The van der Waals surface area contributed by atoms with E-state index in [0.717, 1.165) is 50.3 Å². The van der Waals surface area contributed by atoms with Gasteiger partial charge in [0.15, 0.2) is 0 Å². The molecule has 0 N–H and O–H groups in total. The van der Waals surface area contributed by atoms with Crippen molar-refractivity contribution in [3.63, 3.8) is 0 Å². The third kappa shape index (κ3) is 5.90. The Morgan fingerprint density at radius 2 is 0.885 bits per heavy atom. The second kappa shape index (κ2) is 14.3. The summed E-state index contributed by atoms with van der Waals surface area (Å²) in [4.78, 5) is 2.35. The molecule has 0 unspecified atom stereocenters. The van der Waals surface area contributed by atoms with Crippen molar-refractivity contribution in [3.05, 3.63) is 231 Å². The molecule has 12 aromatic rings. The van der Waals surface area contributed by atoms with E-state index in [1.165, 1.54) is 60.4 Å². The summed E-state index contributed by atoms with van der Waals surface area (Å²) in [6.07, 6.45) is 0. The zero-order valence-electron chi connectivity index (χ0n) is 33.2. The first-order valence-electron chi connectivity index (χ1n) is 20.8. The van der Waals surface area contributed by atoms with Gasteiger partial charge >= 0.3 is 0 Å². The molecule has 286 valence electrons. The lowest BCUT2D eigenvalue weighted by Crippen LogP contribution is -2.09. The van der Waals surface area contributed by atoms with Gasteiger partial charge in [0, 0.05) is 49.7 Å². The van der Waals surface area contributed by atoms with E-state index in [2.05, 4.69) is 228 Å². The van der Waals surface area contributed by atoms with Crippen molar-refractivity contribution in [3.8, 4) is 39.1 Å². The van der Waals surface area contributed by atoms with Crippen LogP contribution in [0.25, 0.3) is 93.6 Å². The van der Waals surface area contributed by atoms with Crippen molar-refractivity contribution in [1.29, 1.82) is 0 Å². The number of anilines is 3. The molecule has 0 saturated carbocycles. The van der Waals surface area contributed by atoms with Crippen LogP contribution in [-0.4, -0.2) is 4.57 Å². The number of aromatic nitrogens is 1. The van der Waals surface area contributed by atoms with Gasteiger partial charge in [0.1, 0.15) is 11.2 Å². The van der Waals surface area contributed by atoms with Crippen molar-refractivity contribution in [1.82, 2.24) is 4.57 Å². The number of rotatable bonds is 7. The molecule has 3 heteroatoms. The third-order valence-electron chi connectivity index (χ3n) is 12.2. The number of para-hydroxylation sites is 2. The highest BCUT2D eigenvalue weighted by atomic mass is 16.3. The second-order valence-electron chi connectivity index (χ2n) is 15.7. The minimum atomic E-state index is 0.879. The molecular weight excluding hydrogens is 741 g/mol. The summed E-state index contributed by atoms with van der Waals surface area (Å²) < 4.78 is 8.70. The molecule has 12 rings (SSSR count). The van der Waals surface area contributed by atoms with Gasteiger partial charge in [0.25, 0.3) is 0 Å². The van der Waals surface area contributed by atoms with Crippen LogP contribution in [0.4, 0.5) is 17.1 Å².